The number of carbonyl (C=O) groups is 1. The minimum absolute atomic E-state index is 0.00662. The molecular weight excluding hydrogens is 594 g/mol. The van der Waals surface area contributed by atoms with E-state index < -0.39 is 42.7 Å². The normalized spacial score (nSPS) is 20.8. The molecule has 0 spiro atoms. The summed E-state index contributed by atoms with van der Waals surface area (Å²) in [5.74, 6) is -4.64. The molecular formula is C33H42BF5N2O4. The molecule has 5 N–H and O–H groups in total. The van der Waals surface area contributed by atoms with Crippen molar-refractivity contribution in [3.63, 3.8) is 0 Å². The Hall–Kier alpha value is -2.54. The largest absolute Gasteiger partial charge is 0.480 e. The van der Waals surface area contributed by atoms with E-state index in [1.54, 1.807) is 6.07 Å². The third kappa shape index (κ3) is 7.39. The number of rotatable bonds is 11. The molecule has 6 nitrogen and oxygen atoms in total. The van der Waals surface area contributed by atoms with Crippen molar-refractivity contribution < 1.29 is 41.9 Å². The second-order valence-electron chi connectivity index (χ2n) is 13.2. The number of benzene rings is 2. The molecule has 3 aliphatic rings. The molecule has 2 aliphatic carbocycles. The summed E-state index contributed by atoms with van der Waals surface area (Å²) in [7, 11) is -1.43. The van der Waals surface area contributed by atoms with Crippen LogP contribution < -0.4 is 5.73 Å². The van der Waals surface area contributed by atoms with Crippen LogP contribution in [0.3, 0.4) is 0 Å². The number of piperidine rings is 1. The minimum atomic E-state index is -4.60. The van der Waals surface area contributed by atoms with Crippen LogP contribution in [0.4, 0.5) is 22.0 Å². The number of likely N-dealkylation sites (tertiary alicyclic amines) is 1. The maximum absolute atomic E-state index is 15.8. The van der Waals surface area contributed by atoms with Crippen molar-refractivity contribution in [2.24, 2.45) is 11.7 Å². The predicted octanol–water partition coefficient (Wildman–Crippen LogP) is 6.04. The van der Waals surface area contributed by atoms with E-state index >= 15 is 8.78 Å². The molecule has 0 radical (unpaired) electrons. The van der Waals surface area contributed by atoms with Gasteiger partial charge < -0.3 is 20.9 Å². The molecule has 1 saturated heterocycles. The molecule has 0 bridgehead atoms. The highest BCUT2D eigenvalue weighted by Crippen LogP contribution is 2.43. The quantitative estimate of drug-likeness (QED) is 0.136. The first-order chi connectivity index (χ1) is 21.2. The topological polar surface area (TPSA) is 107 Å². The maximum atomic E-state index is 15.8. The number of hydrogen-bond acceptors (Lipinski definition) is 5. The van der Waals surface area contributed by atoms with E-state index in [2.05, 4.69) is 4.90 Å². The van der Waals surface area contributed by atoms with Crippen LogP contribution in [0.5, 0.6) is 0 Å². The summed E-state index contributed by atoms with van der Waals surface area (Å²) in [4.78, 5) is 14.5. The van der Waals surface area contributed by atoms with E-state index in [-0.39, 0.29) is 35.8 Å². The van der Waals surface area contributed by atoms with Gasteiger partial charge in [0.1, 0.15) is 5.54 Å². The average Bonchev–Trinajstić information content (AvgIpc) is 3.47. The molecule has 12 heteroatoms. The van der Waals surface area contributed by atoms with Gasteiger partial charge in [0, 0.05) is 18.0 Å². The van der Waals surface area contributed by atoms with Crippen LogP contribution in [-0.2, 0) is 42.6 Å². The van der Waals surface area contributed by atoms with Gasteiger partial charge >= 0.3 is 19.3 Å². The molecule has 1 aliphatic heterocycles. The standard InChI is InChI=1S/C33H42BF5N2O4/c35-32(36,20-23-19-26(33(37,38)39)18-21-5-3-7-27(21)23)25-9-10-28-22(17-25)6-4-8-29(28)41-15-11-24(12-16-41)31(40,30(42)43)13-1-2-14-34(44)45/h9-10,17-19,24,29,44-45H,1-8,11-16,20,40H2,(H,42,43). The van der Waals surface area contributed by atoms with Crippen molar-refractivity contribution in [2.45, 2.75) is 107 Å². The average molecular weight is 637 g/mol. The number of nitrogens with zero attached hydrogens (tertiary/aromatic N) is 1. The van der Waals surface area contributed by atoms with Gasteiger partial charge in [0.05, 0.1) is 5.56 Å². The number of aryl methyl sites for hydroxylation is 2. The summed E-state index contributed by atoms with van der Waals surface area (Å²) >= 11 is 0. The molecule has 2 atom stereocenters. The molecule has 0 amide bonds. The van der Waals surface area contributed by atoms with Gasteiger partial charge in [0.25, 0.3) is 5.92 Å². The van der Waals surface area contributed by atoms with Crippen LogP contribution in [0.1, 0.15) is 96.4 Å². The Morgan fingerprint density at radius 2 is 1.60 bits per heavy atom. The van der Waals surface area contributed by atoms with Gasteiger partial charge in [-0.1, -0.05) is 25.0 Å². The van der Waals surface area contributed by atoms with E-state index in [4.69, 9.17) is 15.8 Å². The maximum Gasteiger partial charge on any atom is 0.451 e. The van der Waals surface area contributed by atoms with E-state index in [0.717, 1.165) is 36.1 Å². The molecule has 0 aromatic heterocycles. The van der Waals surface area contributed by atoms with Crippen LogP contribution in [0.25, 0.3) is 0 Å². The Balaban J connectivity index is 1.28. The second-order valence-corrected chi connectivity index (χ2v) is 13.2. The van der Waals surface area contributed by atoms with Crippen molar-refractivity contribution in [1.82, 2.24) is 4.90 Å². The summed E-state index contributed by atoms with van der Waals surface area (Å²) in [5.41, 5.74) is 6.98. The molecule has 5 rings (SSSR count). The fraction of sp³-hybridized carbons (Fsp3) is 0.606. The Kier molecular flexibility index (Phi) is 9.99. The highest BCUT2D eigenvalue weighted by molar-refractivity contribution is 6.40. The lowest BCUT2D eigenvalue weighted by atomic mass is 9.73. The highest BCUT2D eigenvalue weighted by Gasteiger charge is 2.44. The number of carboxylic acids is 1. The number of carboxylic acid groups (broad SMARTS) is 1. The highest BCUT2D eigenvalue weighted by atomic mass is 19.4. The van der Waals surface area contributed by atoms with Crippen LogP contribution in [-0.4, -0.2) is 51.8 Å². The number of unbranched alkanes of at least 4 members (excludes halogenated alkanes) is 1. The summed E-state index contributed by atoms with van der Waals surface area (Å²) in [6, 6.07) is 6.69. The molecule has 2 aromatic rings. The van der Waals surface area contributed by atoms with Crippen LogP contribution in [0, 0.1) is 5.92 Å². The fourth-order valence-corrected chi connectivity index (χ4v) is 7.81. The van der Waals surface area contributed by atoms with Crippen LogP contribution in [0.15, 0.2) is 30.3 Å². The number of halogens is 5. The van der Waals surface area contributed by atoms with Gasteiger partial charge in [-0.25, -0.2) is 8.78 Å². The van der Waals surface area contributed by atoms with Crippen LogP contribution in [0.2, 0.25) is 6.32 Å². The van der Waals surface area contributed by atoms with Gasteiger partial charge in [0.2, 0.25) is 0 Å². The lowest BCUT2D eigenvalue weighted by Gasteiger charge is -2.44. The van der Waals surface area contributed by atoms with Gasteiger partial charge in [-0.05, 0) is 129 Å². The molecule has 1 heterocycles. The third-order valence-corrected chi connectivity index (χ3v) is 10.3. The molecule has 2 unspecified atom stereocenters. The minimum Gasteiger partial charge on any atom is -0.480 e. The van der Waals surface area contributed by atoms with Gasteiger partial charge in [-0.15, -0.1) is 0 Å². The molecule has 0 saturated carbocycles. The Bertz CT molecular complexity index is 1380. The lowest BCUT2D eigenvalue weighted by Crippen LogP contribution is -2.57. The first-order valence-electron chi connectivity index (χ1n) is 16.0. The molecule has 246 valence electrons. The van der Waals surface area contributed by atoms with Crippen molar-refractivity contribution >= 4 is 13.1 Å². The van der Waals surface area contributed by atoms with Gasteiger partial charge in [-0.2, -0.15) is 13.2 Å². The number of hydrogen-bond donors (Lipinski definition) is 4. The van der Waals surface area contributed by atoms with Crippen molar-refractivity contribution in [2.75, 3.05) is 13.1 Å². The number of fused-ring (bicyclic) bond motifs is 2. The summed E-state index contributed by atoms with van der Waals surface area (Å²) < 4.78 is 72.1. The van der Waals surface area contributed by atoms with Crippen molar-refractivity contribution in [1.29, 1.82) is 0 Å². The first kappa shape index (κ1) is 33.8. The van der Waals surface area contributed by atoms with Gasteiger partial charge in [-0.3, -0.25) is 9.69 Å². The number of alkyl halides is 5. The molecule has 2 aromatic carbocycles. The summed E-state index contributed by atoms with van der Waals surface area (Å²) in [6.45, 7) is 1.24. The van der Waals surface area contributed by atoms with Crippen molar-refractivity contribution in [3.05, 3.63) is 69.3 Å². The summed E-state index contributed by atoms with van der Waals surface area (Å²) in [5, 5.41) is 28.1. The Labute approximate surface area is 260 Å². The van der Waals surface area contributed by atoms with Gasteiger partial charge in [0.15, 0.2) is 0 Å². The zero-order chi connectivity index (χ0) is 32.6. The van der Waals surface area contributed by atoms with Crippen LogP contribution >= 0.6 is 0 Å². The lowest BCUT2D eigenvalue weighted by molar-refractivity contribution is -0.147. The Morgan fingerprint density at radius 1 is 0.911 bits per heavy atom. The second kappa shape index (κ2) is 13.3. The smallest absolute Gasteiger partial charge is 0.451 e. The third-order valence-electron chi connectivity index (χ3n) is 10.3. The monoisotopic (exact) mass is 636 g/mol. The molecule has 45 heavy (non-hydrogen) atoms. The van der Waals surface area contributed by atoms with E-state index in [0.29, 0.717) is 75.6 Å². The fourth-order valence-electron chi connectivity index (χ4n) is 7.81. The first-order valence-corrected chi connectivity index (χ1v) is 16.0. The number of nitrogens with two attached hydrogens (primary N) is 1. The summed E-state index contributed by atoms with van der Waals surface area (Å²) in [6.07, 6.45) is 1.04. The zero-order valence-electron chi connectivity index (χ0n) is 25.4. The van der Waals surface area contributed by atoms with E-state index in [1.165, 1.54) is 12.1 Å². The molecule has 1 fully saturated rings. The SMILES string of the molecule is NC(CCCCB(O)O)(C(=O)O)C1CCN(C2CCCc3cc(C(F)(F)Cc4cc(C(F)(F)F)cc5c4CCC5)ccc32)CC1. The Morgan fingerprint density at radius 3 is 2.27 bits per heavy atom. The number of aliphatic carboxylic acids is 1. The zero-order valence-corrected chi connectivity index (χ0v) is 25.4. The van der Waals surface area contributed by atoms with E-state index in [1.807, 2.05) is 0 Å². The predicted molar refractivity (Wildman–Crippen MR) is 161 cm³/mol. The van der Waals surface area contributed by atoms with E-state index in [9.17, 15) is 23.1 Å². The van der Waals surface area contributed by atoms with Crippen molar-refractivity contribution in [3.8, 4) is 0 Å².